The van der Waals surface area contributed by atoms with Gasteiger partial charge in [0.15, 0.2) is 0 Å². The van der Waals surface area contributed by atoms with Crippen molar-refractivity contribution in [2.45, 2.75) is 29.8 Å². The van der Waals surface area contributed by atoms with Gasteiger partial charge in [0.2, 0.25) is 0 Å². The summed E-state index contributed by atoms with van der Waals surface area (Å²) in [5.74, 6) is 1.57. The van der Waals surface area contributed by atoms with Crippen LogP contribution in [0.4, 0.5) is 5.82 Å². The molecular weight excluding hydrogens is 456 g/mol. The molecule has 0 aliphatic rings. The summed E-state index contributed by atoms with van der Waals surface area (Å²) in [6.45, 7) is 4.21. The lowest BCUT2D eigenvalue weighted by Crippen LogP contribution is -2.00. The van der Waals surface area contributed by atoms with E-state index in [4.69, 9.17) is 10.5 Å². The molecule has 3 heterocycles. The van der Waals surface area contributed by atoms with Crippen molar-refractivity contribution in [3.63, 3.8) is 0 Å². The second-order valence-corrected chi connectivity index (χ2v) is 9.20. The summed E-state index contributed by atoms with van der Waals surface area (Å²) in [7, 11) is 0. The van der Waals surface area contributed by atoms with Crippen LogP contribution in [0.25, 0.3) is 22.2 Å². The Morgan fingerprint density at radius 3 is 2.54 bits per heavy atom. The zero-order chi connectivity index (χ0) is 24.4. The molecule has 2 N–H and O–H groups in total. The third-order valence-electron chi connectivity index (χ3n) is 5.54. The number of nitriles is 1. The first-order chi connectivity index (χ1) is 17.0. The number of rotatable bonds is 6. The lowest BCUT2D eigenvalue weighted by Gasteiger charge is -2.11. The normalized spacial score (nSPS) is 11.0. The minimum absolute atomic E-state index is 0.226. The smallest absolute Gasteiger partial charge is 0.146 e. The Kier molecular flexibility index (Phi) is 6.08. The molecular formula is C27H22N6OS. The number of nitrogen functional groups attached to an aromatic ring is 1. The summed E-state index contributed by atoms with van der Waals surface area (Å²) >= 11 is 1.43. The molecule has 0 spiro atoms. The van der Waals surface area contributed by atoms with Gasteiger partial charge in [-0.25, -0.2) is 15.0 Å². The highest BCUT2D eigenvalue weighted by Gasteiger charge is 2.17. The molecule has 0 unspecified atom stereocenters. The SMILES string of the molecule is CC(C)n1cc(-c2ccc(Oc3cccc(Sc4ccccn4)c3C#N)cc2)c2c(N)ncnc21. The molecule has 172 valence electrons. The number of nitrogens with zero attached hydrogens (tertiary/aromatic N) is 5. The molecule has 0 atom stereocenters. The Balaban J connectivity index is 1.45. The van der Waals surface area contributed by atoms with E-state index >= 15 is 0 Å². The van der Waals surface area contributed by atoms with Gasteiger partial charge in [-0.2, -0.15) is 5.26 Å². The van der Waals surface area contributed by atoms with Crippen LogP contribution in [0.1, 0.15) is 25.5 Å². The number of pyridine rings is 1. The maximum absolute atomic E-state index is 9.83. The second kappa shape index (κ2) is 9.49. The largest absolute Gasteiger partial charge is 0.456 e. The van der Waals surface area contributed by atoms with Gasteiger partial charge in [0.05, 0.1) is 5.39 Å². The molecule has 8 heteroatoms. The average Bonchev–Trinajstić information content (AvgIpc) is 3.27. The highest BCUT2D eigenvalue weighted by atomic mass is 32.2. The van der Waals surface area contributed by atoms with Crippen LogP contribution in [0.15, 0.2) is 89.3 Å². The Morgan fingerprint density at radius 1 is 1.00 bits per heavy atom. The predicted octanol–water partition coefficient (Wildman–Crippen LogP) is 6.47. The fourth-order valence-corrected chi connectivity index (χ4v) is 4.74. The van der Waals surface area contributed by atoms with Crippen LogP contribution in [-0.4, -0.2) is 19.5 Å². The number of benzene rings is 2. The number of ether oxygens (including phenoxy) is 1. The number of aromatic nitrogens is 4. The van der Waals surface area contributed by atoms with Gasteiger partial charge in [-0.1, -0.05) is 36.0 Å². The summed E-state index contributed by atoms with van der Waals surface area (Å²) in [6, 6.07) is 21.5. The number of nitrogens with two attached hydrogens (primary N) is 1. The monoisotopic (exact) mass is 478 g/mol. The van der Waals surface area contributed by atoms with Crippen LogP contribution >= 0.6 is 11.8 Å². The van der Waals surface area contributed by atoms with Crippen LogP contribution in [0.2, 0.25) is 0 Å². The lowest BCUT2D eigenvalue weighted by molar-refractivity contribution is 0.479. The number of anilines is 1. The standard InChI is InChI=1S/C27H22N6OS/c1-17(2)33-15-21(25-26(29)31-16-32-27(25)33)18-9-11-19(12-10-18)34-22-6-5-7-23(20(22)14-28)35-24-8-3-4-13-30-24/h3-13,15-17H,1-2H3,(H2,29,31,32). The van der Waals surface area contributed by atoms with Gasteiger partial charge in [0.25, 0.3) is 0 Å². The van der Waals surface area contributed by atoms with Crippen molar-refractivity contribution in [1.29, 1.82) is 5.26 Å². The zero-order valence-electron chi connectivity index (χ0n) is 19.2. The molecule has 3 aromatic heterocycles. The van der Waals surface area contributed by atoms with Gasteiger partial charge < -0.3 is 15.0 Å². The molecule has 0 amide bonds. The lowest BCUT2D eigenvalue weighted by atomic mass is 10.1. The van der Waals surface area contributed by atoms with E-state index < -0.39 is 0 Å². The van der Waals surface area contributed by atoms with Crippen LogP contribution in [0, 0.1) is 11.3 Å². The van der Waals surface area contributed by atoms with Gasteiger partial charge >= 0.3 is 0 Å². The van der Waals surface area contributed by atoms with E-state index in [0.717, 1.165) is 32.1 Å². The van der Waals surface area contributed by atoms with E-state index in [1.807, 2.05) is 54.6 Å². The van der Waals surface area contributed by atoms with E-state index in [9.17, 15) is 5.26 Å². The summed E-state index contributed by atoms with van der Waals surface area (Å²) in [6.07, 6.45) is 5.28. The van der Waals surface area contributed by atoms with Crippen LogP contribution in [0.5, 0.6) is 11.5 Å². The molecule has 0 saturated heterocycles. The molecule has 0 saturated carbocycles. The third-order valence-corrected chi connectivity index (χ3v) is 6.55. The predicted molar refractivity (Wildman–Crippen MR) is 137 cm³/mol. The highest BCUT2D eigenvalue weighted by Crippen LogP contribution is 2.37. The van der Waals surface area contributed by atoms with E-state index in [2.05, 4.69) is 45.6 Å². The minimum Gasteiger partial charge on any atom is -0.456 e. The van der Waals surface area contributed by atoms with Crippen molar-refractivity contribution in [2.24, 2.45) is 0 Å². The van der Waals surface area contributed by atoms with Gasteiger partial charge in [-0.05, 0) is 55.8 Å². The Hall–Kier alpha value is -4.35. The quantitative estimate of drug-likeness (QED) is 0.298. The molecule has 2 aromatic carbocycles. The Morgan fingerprint density at radius 2 is 1.83 bits per heavy atom. The molecule has 0 fully saturated rings. The summed E-state index contributed by atoms with van der Waals surface area (Å²) < 4.78 is 8.21. The Bertz CT molecular complexity index is 1540. The fourth-order valence-electron chi connectivity index (χ4n) is 3.86. The first-order valence-corrected chi connectivity index (χ1v) is 11.9. The van der Waals surface area contributed by atoms with Crippen molar-refractivity contribution >= 4 is 28.6 Å². The summed E-state index contributed by atoms with van der Waals surface area (Å²) in [5.41, 5.74) is 9.43. The minimum atomic E-state index is 0.226. The Labute approximate surface area is 207 Å². The second-order valence-electron chi connectivity index (χ2n) is 8.14. The molecule has 5 aromatic rings. The molecule has 0 aliphatic carbocycles. The number of hydrogen-bond acceptors (Lipinski definition) is 7. The zero-order valence-corrected chi connectivity index (χ0v) is 20.0. The molecule has 0 radical (unpaired) electrons. The first-order valence-electron chi connectivity index (χ1n) is 11.1. The average molecular weight is 479 g/mol. The van der Waals surface area contributed by atoms with Crippen LogP contribution < -0.4 is 10.5 Å². The maximum Gasteiger partial charge on any atom is 0.146 e. The summed E-state index contributed by atoms with van der Waals surface area (Å²) in [4.78, 5) is 13.8. The van der Waals surface area contributed by atoms with Gasteiger partial charge in [-0.15, -0.1) is 0 Å². The molecule has 5 rings (SSSR count). The third kappa shape index (κ3) is 4.42. The topological polar surface area (TPSA) is 103 Å². The van der Waals surface area contributed by atoms with Gasteiger partial charge in [0, 0.05) is 28.9 Å². The first kappa shape index (κ1) is 22.4. The summed E-state index contributed by atoms with van der Waals surface area (Å²) in [5, 5.41) is 11.5. The van der Waals surface area contributed by atoms with Gasteiger partial charge in [0.1, 0.15) is 46.0 Å². The molecule has 35 heavy (non-hydrogen) atoms. The van der Waals surface area contributed by atoms with Crippen LogP contribution in [-0.2, 0) is 0 Å². The molecule has 0 aliphatic heterocycles. The van der Waals surface area contributed by atoms with Crippen molar-refractivity contribution < 1.29 is 4.74 Å². The van der Waals surface area contributed by atoms with E-state index in [-0.39, 0.29) is 6.04 Å². The van der Waals surface area contributed by atoms with E-state index in [1.165, 1.54) is 18.1 Å². The molecule has 0 bridgehead atoms. The van der Waals surface area contributed by atoms with Crippen molar-refractivity contribution in [3.05, 3.63) is 84.9 Å². The number of hydrogen-bond donors (Lipinski definition) is 1. The van der Waals surface area contributed by atoms with Gasteiger partial charge in [-0.3, -0.25) is 0 Å². The van der Waals surface area contributed by atoms with E-state index in [1.54, 1.807) is 12.3 Å². The number of fused-ring (bicyclic) bond motifs is 1. The van der Waals surface area contributed by atoms with Crippen molar-refractivity contribution in [2.75, 3.05) is 5.73 Å². The maximum atomic E-state index is 9.83. The molecule has 7 nitrogen and oxygen atoms in total. The van der Waals surface area contributed by atoms with Crippen LogP contribution in [0.3, 0.4) is 0 Å². The van der Waals surface area contributed by atoms with E-state index in [0.29, 0.717) is 22.9 Å². The van der Waals surface area contributed by atoms with Crippen molar-refractivity contribution in [1.82, 2.24) is 19.5 Å². The van der Waals surface area contributed by atoms with Crippen molar-refractivity contribution in [3.8, 4) is 28.7 Å². The highest BCUT2D eigenvalue weighted by molar-refractivity contribution is 7.99. The fraction of sp³-hybridized carbons (Fsp3) is 0.111.